The monoisotopic (exact) mass is 243 g/mol. The quantitative estimate of drug-likeness (QED) is 0.763. The van der Waals surface area contributed by atoms with Crippen molar-refractivity contribution >= 4 is 5.97 Å². The summed E-state index contributed by atoms with van der Waals surface area (Å²) in [7, 11) is 0. The maximum atomic E-state index is 11.3. The third-order valence-electron chi connectivity index (χ3n) is 2.11. The molecular weight excluding hydrogens is 234 g/mol. The summed E-state index contributed by atoms with van der Waals surface area (Å²) in [5.74, 6) is -0.683. The van der Waals surface area contributed by atoms with Crippen molar-refractivity contribution in [3.63, 3.8) is 0 Å². The van der Waals surface area contributed by atoms with E-state index >= 15 is 0 Å². The fourth-order valence-electron chi connectivity index (χ4n) is 1.34. The molecule has 90 valence electrons. The molecule has 0 saturated heterocycles. The van der Waals surface area contributed by atoms with Gasteiger partial charge < -0.3 is 9.15 Å². The van der Waals surface area contributed by atoms with Crippen molar-refractivity contribution < 1.29 is 13.9 Å². The number of esters is 1. The maximum Gasteiger partial charge on any atom is 0.396 e. The lowest BCUT2D eigenvalue weighted by Crippen LogP contribution is -2.04. The van der Waals surface area contributed by atoms with E-state index < -0.39 is 5.97 Å². The molecule has 2 rings (SSSR count). The van der Waals surface area contributed by atoms with Gasteiger partial charge in [-0.2, -0.15) is 5.26 Å². The van der Waals surface area contributed by atoms with Crippen molar-refractivity contribution in [1.82, 2.24) is 10.2 Å². The van der Waals surface area contributed by atoms with E-state index in [9.17, 15) is 4.79 Å². The fraction of sp³-hybridized carbons (Fsp3) is 0.167. The van der Waals surface area contributed by atoms with E-state index in [1.54, 1.807) is 31.2 Å². The number of aromatic nitrogens is 2. The SMILES string of the molecule is CCOC(=O)c1nnc(-c2cccc(C#N)c2)o1. The molecule has 0 amide bonds. The third kappa shape index (κ3) is 2.35. The van der Waals surface area contributed by atoms with Gasteiger partial charge in [0.25, 0.3) is 0 Å². The number of ether oxygens (including phenoxy) is 1. The molecule has 18 heavy (non-hydrogen) atoms. The Kier molecular flexibility index (Phi) is 3.34. The molecule has 2 aromatic rings. The average Bonchev–Trinajstić information content (AvgIpc) is 2.89. The number of nitrogens with zero attached hydrogens (tertiary/aromatic N) is 3. The van der Waals surface area contributed by atoms with Crippen LogP contribution in [0, 0.1) is 11.3 Å². The van der Waals surface area contributed by atoms with Gasteiger partial charge in [0, 0.05) is 5.56 Å². The van der Waals surface area contributed by atoms with Gasteiger partial charge in [0.15, 0.2) is 0 Å². The summed E-state index contributed by atoms with van der Waals surface area (Å²) in [6.07, 6.45) is 0. The number of carbonyl (C=O) groups excluding carboxylic acids is 1. The van der Waals surface area contributed by atoms with Crippen LogP contribution in [0.15, 0.2) is 28.7 Å². The second-order valence-electron chi connectivity index (χ2n) is 3.33. The first-order chi connectivity index (χ1) is 8.74. The molecule has 0 bridgehead atoms. The number of nitriles is 1. The Labute approximate surface area is 103 Å². The molecule has 0 saturated carbocycles. The number of benzene rings is 1. The molecule has 6 nitrogen and oxygen atoms in total. The first-order valence-electron chi connectivity index (χ1n) is 5.25. The van der Waals surface area contributed by atoms with E-state index in [0.717, 1.165) is 0 Å². The zero-order chi connectivity index (χ0) is 13.0. The van der Waals surface area contributed by atoms with Crippen LogP contribution in [0.5, 0.6) is 0 Å². The van der Waals surface area contributed by atoms with Crippen LogP contribution in [-0.2, 0) is 4.74 Å². The summed E-state index contributed by atoms with van der Waals surface area (Å²) in [6.45, 7) is 1.92. The maximum absolute atomic E-state index is 11.3. The van der Waals surface area contributed by atoms with Gasteiger partial charge >= 0.3 is 11.9 Å². The first-order valence-corrected chi connectivity index (χ1v) is 5.25. The lowest BCUT2D eigenvalue weighted by atomic mass is 10.1. The van der Waals surface area contributed by atoms with Gasteiger partial charge in [-0.25, -0.2) is 4.79 Å². The highest BCUT2D eigenvalue weighted by atomic mass is 16.5. The molecule has 1 aromatic carbocycles. The van der Waals surface area contributed by atoms with E-state index in [0.29, 0.717) is 11.1 Å². The second kappa shape index (κ2) is 5.10. The Morgan fingerprint density at radius 1 is 1.50 bits per heavy atom. The van der Waals surface area contributed by atoms with Crippen LogP contribution in [0.2, 0.25) is 0 Å². The molecule has 0 atom stereocenters. The molecule has 0 aliphatic rings. The highest BCUT2D eigenvalue weighted by Gasteiger charge is 2.16. The first kappa shape index (κ1) is 11.8. The minimum atomic E-state index is -0.660. The summed E-state index contributed by atoms with van der Waals surface area (Å²) >= 11 is 0. The standard InChI is InChI=1S/C12H9N3O3/c1-2-17-12(16)11-15-14-10(18-11)9-5-3-4-8(6-9)7-13/h3-6H,2H2,1H3. The van der Waals surface area contributed by atoms with E-state index in [-0.39, 0.29) is 18.4 Å². The van der Waals surface area contributed by atoms with Crippen molar-refractivity contribution in [2.45, 2.75) is 6.92 Å². The topological polar surface area (TPSA) is 89.0 Å². The Hall–Kier alpha value is -2.68. The highest BCUT2D eigenvalue weighted by molar-refractivity contribution is 5.84. The van der Waals surface area contributed by atoms with Crippen LogP contribution < -0.4 is 0 Å². The van der Waals surface area contributed by atoms with Crippen LogP contribution in [-0.4, -0.2) is 22.8 Å². The van der Waals surface area contributed by atoms with Crippen LogP contribution in [0.25, 0.3) is 11.5 Å². The largest absolute Gasteiger partial charge is 0.459 e. The molecule has 0 unspecified atom stereocenters. The molecule has 1 aromatic heterocycles. The highest BCUT2D eigenvalue weighted by Crippen LogP contribution is 2.19. The lowest BCUT2D eigenvalue weighted by Gasteiger charge is -1.95. The minimum Gasteiger partial charge on any atom is -0.459 e. The number of hydrogen-bond acceptors (Lipinski definition) is 6. The Bertz CT molecular complexity index is 613. The van der Waals surface area contributed by atoms with Gasteiger partial charge in [0.1, 0.15) is 0 Å². The smallest absolute Gasteiger partial charge is 0.396 e. The van der Waals surface area contributed by atoms with Gasteiger partial charge in [0.2, 0.25) is 5.89 Å². The van der Waals surface area contributed by atoms with Crippen molar-refractivity contribution in [3.05, 3.63) is 35.7 Å². The zero-order valence-electron chi connectivity index (χ0n) is 9.58. The molecule has 1 heterocycles. The third-order valence-corrected chi connectivity index (χ3v) is 2.11. The summed E-state index contributed by atoms with van der Waals surface area (Å²) in [5.41, 5.74) is 1.06. The van der Waals surface area contributed by atoms with Crippen molar-refractivity contribution in [3.8, 4) is 17.5 Å². The number of rotatable bonds is 3. The van der Waals surface area contributed by atoms with Gasteiger partial charge in [-0.15, -0.1) is 10.2 Å². The van der Waals surface area contributed by atoms with E-state index in [4.69, 9.17) is 14.4 Å². The summed E-state index contributed by atoms with van der Waals surface area (Å²) in [4.78, 5) is 11.3. The van der Waals surface area contributed by atoms with E-state index in [1.165, 1.54) is 0 Å². The van der Waals surface area contributed by atoms with Crippen LogP contribution >= 0.6 is 0 Å². The van der Waals surface area contributed by atoms with Gasteiger partial charge in [0.05, 0.1) is 18.2 Å². The van der Waals surface area contributed by atoms with Crippen LogP contribution in [0.4, 0.5) is 0 Å². The second-order valence-corrected chi connectivity index (χ2v) is 3.33. The van der Waals surface area contributed by atoms with Crippen molar-refractivity contribution in [2.75, 3.05) is 6.61 Å². The van der Waals surface area contributed by atoms with E-state index in [1.807, 2.05) is 6.07 Å². The molecule has 6 heteroatoms. The molecular formula is C12H9N3O3. The van der Waals surface area contributed by atoms with Gasteiger partial charge in [-0.1, -0.05) is 6.07 Å². The molecule has 0 fully saturated rings. The van der Waals surface area contributed by atoms with Crippen molar-refractivity contribution in [2.24, 2.45) is 0 Å². The lowest BCUT2D eigenvalue weighted by molar-refractivity contribution is 0.0481. The summed E-state index contributed by atoms with van der Waals surface area (Å²) in [5, 5.41) is 16.1. The fourth-order valence-corrected chi connectivity index (χ4v) is 1.34. The average molecular weight is 243 g/mol. The van der Waals surface area contributed by atoms with Gasteiger partial charge in [-0.05, 0) is 25.1 Å². The predicted molar refractivity (Wildman–Crippen MR) is 60.4 cm³/mol. The Morgan fingerprint density at radius 3 is 3.06 bits per heavy atom. The molecule has 0 radical (unpaired) electrons. The molecule has 0 aliphatic carbocycles. The Balaban J connectivity index is 2.29. The molecule has 0 aliphatic heterocycles. The molecule has 0 spiro atoms. The van der Waals surface area contributed by atoms with Crippen LogP contribution in [0.3, 0.4) is 0 Å². The van der Waals surface area contributed by atoms with Crippen LogP contribution in [0.1, 0.15) is 23.2 Å². The van der Waals surface area contributed by atoms with Crippen molar-refractivity contribution in [1.29, 1.82) is 5.26 Å². The summed E-state index contributed by atoms with van der Waals surface area (Å²) < 4.78 is 9.91. The molecule has 0 N–H and O–H groups in total. The van der Waals surface area contributed by atoms with E-state index in [2.05, 4.69) is 10.2 Å². The zero-order valence-corrected chi connectivity index (χ0v) is 9.58. The normalized spacial score (nSPS) is 9.78. The van der Waals surface area contributed by atoms with Gasteiger partial charge in [-0.3, -0.25) is 0 Å². The number of carbonyl (C=O) groups is 1. The summed E-state index contributed by atoms with van der Waals surface area (Å²) in [6, 6.07) is 8.67. The number of hydrogen-bond donors (Lipinski definition) is 0. The predicted octanol–water partition coefficient (Wildman–Crippen LogP) is 1.78. The Morgan fingerprint density at radius 2 is 2.33 bits per heavy atom. The minimum absolute atomic E-state index is 0.176.